The topological polar surface area (TPSA) is 94.1 Å². The van der Waals surface area contributed by atoms with Gasteiger partial charge < -0.3 is 10.1 Å². The molecule has 1 N–H and O–H groups in total. The maximum Gasteiger partial charge on any atom is 0.198 e. The number of ether oxygens (including phenoxy) is 1. The van der Waals surface area contributed by atoms with Crippen molar-refractivity contribution >= 4 is 21.4 Å². The molecule has 192 valence electrons. The smallest absolute Gasteiger partial charge is 0.198 e. The Hall–Kier alpha value is -2.55. The lowest BCUT2D eigenvalue weighted by atomic mass is 9.86. The lowest BCUT2D eigenvalue weighted by Gasteiger charge is -2.26. The molecule has 9 heteroatoms. The second kappa shape index (κ2) is 10.8. The molecule has 0 bridgehead atoms. The van der Waals surface area contributed by atoms with Crippen molar-refractivity contribution in [2.24, 2.45) is 0 Å². The van der Waals surface area contributed by atoms with Crippen molar-refractivity contribution in [3.8, 4) is 28.4 Å². The number of pyridine rings is 1. The molecule has 0 spiro atoms. The molecule has 0 aliphatic carbocycles. The first kappa shape index (κ1) is 26.5. The molecule has 0 atom stereocenters. The fourth-order valence-corrected chi connectivity index (χ4v) is 5.82. The van der Waals surface area contributed by atoms with Gasteiger partial charge in [0, 0.05) is 11.8 Å². The maximum atomic E-state index is 13.0. The molecule has 0 amide bonds. The number of nitrogens with zero attached hydrogens (tertiary/aromatic N) is 3. The Morgan fingerprint density at radius 3 is 2.47 bits per heavy atom. The number of hydrogen-bond donors (Lipinski definition) is 1. The molecule has 1 aliphatic rings. The predicted octanol–water partition coefficient (Wildman–Crippen LogP) is 5.60. The summed E-state index contributed by atoms with van der Waals surface area (Å²) in [6.45, 7) is 11.3. The van der Waals surface area contributed by atoms with Crippen LogP contribution < -0.4 is 10.1 Å². The van der Waals surface area contributed by atoms with E-state index in [1.807, 2.05) is 13.8 Å². The van der Waals surface area contributed by atoms with Crippen molar-refractivity contribution < 1.29 is 13.2 Å². The predicted molar refractivity (Wildman–Crippen MR) is 143 cm³/mol. The van der Waals surface area contributed by atoms with Crippen LogP contribution >= 0.6 is 11.6 Å². The van der Waals surface area contributed by atoms with Crippen LogP contribution in [0, 0.1) is 6.92 Å². The third kappa shape index (κ3) is 5.41. The van der Waals surface area contributed by atoms with E-state index < -0.39 is 15.1 Å². The van der Waals surface area contributed by atoms with Gasteiger partial charge in [-0.2, -0.15) is 0 Å². The highest BCUT2D eigenvalue weighted by Gasteiger charge is 2.27. The molecule has 0 saturated carbocycles. The zero-order valence-electron chi connectivity index (χ0n) is 21.4. The lowest BCUT2D eigenvalue weighted by Crippen LogP contribution is -2.27. The van der Waals surface area contributed by atoms with Crippen LogP contribution in [0.3, 0.4) is 0 Å². The molecule has 36 heavy (non-hydrogen) atoms. The van der Waals surface area contributed by atoms with Crippen LogP contribution in [0.4, 0.5) is 0 Å². The first-order valence-electron chi connectivity index (χ1n) is 12.3. The summed E-state index contributed by atoms with van der Waals surface area (Å²) in [6.07, 6.45) is 5.08. The highest BCUT2D eigenvalue weighted by Crippen LogP contribution is 2.40. The molecule has 1 saturated heterocycles. The number of piperidine rings is 1. The Labute approximate surface area is 218 Å². The number of benzene rings is 1. The van der Waals surface area contributed by atoms with Gasteiger partial charge in [-0.25, -0.2) is 23.4 Å². The minimum absolute atomic E-state index is 0.0376. The summed E-state index contributed by atoms with van der Waals surface area (Å²) in [7, 11) is -3.65. The van der Waals surface area contributed by atoms with E-state index in [-0.39, 0.29) is 17.0 Å². The molecule has 4 rings (SSSR count). The van der Waals surface area contributed by atoms with Crippen molar-refractivity contribution in [1.82, 2.24) is 20.3 Å². The fourth-order valence-electron chi connectivity index (χ4n) is 4.51. The largest absolute Gasteiger partial charge is 0.490 e. The summed E-state index contributed by atoms with van der Waals surface area (Å²) in [6, 6.07) is 7.55. The second-order valence-electron chi connectivity index (χ2n) is 9.74. The average molecular weight is 529 g/mol. The van der Waals surface area contributed by atoms with Crippen LogP contribution in [-0.4, -0.2) is 47.8 Å². The Morgan fingerprint density at radius 2 is 1.81 bits per heavy atom. The van der Waals surface area contributed by atoms with Gasteiger partial charge in [-0.1, -0.05) is 11.6 Å². The van der Waals surface area contributed by atoms with Crippen molar-refractivity contribution in [3.63, 3.8) is 0 Å². The molecule has 2 aromatic heterocycles. The molecule has 3 aromatic rings. The lowest BCUT2D eigenvalue weighted by molar-refractivity contribution is 0.243. The van der Waals surface area contributed by atoms with E-state index in [0.717, 1.165) is 37.1 Å². The van der Waals surface area contributed by atoms with Gasteiger partial charge in [-0.3, -0.25) is 0 Å². The number of aryl methyl sites for hydroxylation is 1. The Balaban J connectivity index is 1.87. The minimum Gasteiger partial charge on any atom is -0.490 e. The summed E-state index contributed by atoms with van der Waals surface area (Å²) in [4.78, 5) is 13.3. The molecule has 0 radical (unpaired) electrons. The van der Waals surface area contributed by atoms with E-state index >= 15 is 0 Å². The zero-order chi connectivity index (χ0) is 26.0. The number of aromatic nitrogens is 3. The minimum atomic E-state index is -3.65. The quantitative estimate of drug-likeness (QED) is 0.426. The van der Waals surface area contributed by atoms with Gasteiger partial charge >= 0.3 is 0 Å². The van der Waals surface area contributed by atoms with E-state index in [2.05, 4.69) is 34.3 Å². The summed E-state index contributed by atoms with van der Waals surface area (Å²) in [5.74, 6) is 1.42. The second-order valence-corrected chi connectivity index (χ2v) is 12.6. The molecule has 1 aromatic carbocycles. The van der Waals surface area contributed by atoms with E-state index in [9.17, 15) is 8.42 Å². The SMILES string of the molecule is Cc1cc(-c2nc(-c3cccnc3S(=O)(=O)C(C)C)ncc2Cl)c(OC(C)C)cc1C1CCNCC1. The number of sulfone groups is 1. The highest BCUT2D eigenvalue weighted by atomic mass is 35.5. The van der Waals surface area contributed by atoms with E-state index in [4.69, 9.17) is 21.3 Å². The van der Waals surface area contributed by atoms with E-state index in [1.54, 1.807) is 26.0 Å². The number of halogens is 1. The van der Waals surface area contributed by atoms with Crippen molar-refractivity contribution in [3.05, 3.63) is 52.8 Å². The van der Waals surface area contributed by atoms with Gasteiger partial charge in [0.05, 0.1) is 33.8 Å². The Kier molecular flexibility index (Phi) is 7.97. The van der Waals surface area contributed by atoms with Gasteiger partial charge in [0.2, 0.25) is 0 Å². The van der Waals surface area contributed by atoms with Crippen LogP contribution in [-0.2, 0) is 9.84 Å². The molecule has 1 aliphatic heterocycles. The van der Waals surface area contributed by atoms with Gasteiger partial charge in [0.25, 0.3) is 0 Å². The van der Waals surface area contributed by atoms with Gasteiger partial charge in [-0.15, -0.1) is 0 Å². The fraction of sp³-hybridized carbons (Fsp3) is 0.444. The van der Waals surface area contributed by atoms with Gasteiger partial charge in [-0.05, 0) is 102 Å². The van der Waals surface area contributed by atoms with Crippen molar-refractivity contribution in [2.75, 3.05) is 13.1 Å². The summed E-state index contributed by atoms with van der Waals surface area (Å²) in [5, 5.41) is 3.12. The number of rotatable bonds is 7. The first-order valence-corrected chi connectivity index (χ1v) is 14.3. The molecule has 0 unspecified atom stereocenters. The molecule has 7 nitrogen and oxygen atoms in total. The standard InChI is InChI=1S/C27H33ClN4O3S/c1-16(2)35-24-14-21(19-8-11-29-12-9-19)18(5)13-22(24)25-23(28)15-31-26(32-25)20-7-6-10-30-27(20)36(33,34)17(3)4/h6-7,10,13-17,19,29H,8-9,11-12H2,1-5H3. The zero-order valence-corrected chi connectivity index (χ0v) is 22.9. The molecular formula is C27H33ClN4O3S. The van der Waals surface area contributed by atoms with Crippen LogP contribution in [0.5, 0.6) is 5.75 Å². The monoisotopic (exact) mass is 528 g/mol. The van der Waals surface area contributed by atoms with Gasteiger partial charge in [0.1, 0.15) is 5.75 Å². The van der Waals surface area contributed by atoms with Crippen molar-refractivity contribution in [1.29, 1.82) is 0 Å². The number of nitrogens with one attached hydrogen (secondary N) is 1. The number of hydrogen-bond acceptors (Lipinski definition) is 7. The third-order valence-electron chi connectivity index (χ3n) is 6.41. The molecular weight excluding hydrogens is 496 g/mol. The summed E-state index contributed by atoms with van der Waals surface area (Å²) in [5.41, 5.74) is 4.02. The van der Waals surface area contributed by atoms with Crippen LogP contribution in [0.25, 0.3) is 22.6 Å². The van der Waals surface area contributed by atoms with Crippen molar-refractivity contribution in [2.45, 2.75) is 69.8 Å². The third-order valence-corrected chi connectivity index (χ3v) is 8.79. The van der Waals surface area contributed by atoms with E-state index in [0.29, 0.717) is 27.9 Å². The highest BCUT2D eigenvalue weighted by molar-refractivity contribution is 7.92. The molecule has 3 heterocycles. The normalized spacial score (nSPS) is 15.0. The maximum absolute atomic E-state index is 13.0. The van der Waals surface area contributed by atoms with E-state index in [1.165, 1.54) is 18.0 Å². The Bertz CT molecular complexity index is 1350. The average Bonchev–Trinajstić information content (AvgIpc) is 2.85. The summed E-state index contributed by atoms with van der Waals surface area (Å²) >= 11 is 6.63. The van der Waals surface area contributed by atoms with Crippen LogP contribution in [0.1, 0.15) is 57.6 Å². The first-order chi connectivity index (χ1) is 17.1. The Morgan fingerprint density at radius 1 is 1.08 bits per heavy atom. The van der Waals surface area contributed by atoms with Crippen LogP contribution in [0.2, 0.25) is 5.02 Å². The molecule has 1 fully saturated rings. The van der Waals surface area contributed by atoms with Gasteiger partial charge in [0.15, 0.2) is 20.7 Å². The summed E-state index contributed by atoms with van der Waals surface area (Å²) < 4.78 is 32.2. The van der Waals surface area contributed by atoms with Crippen LogP contribution in [0.15, 0.2) is 41.7 Å².